The second-order valence-electron chi connectivity index (χ2n) is 8.13. The smallest absolute Gasteiger partial charge is 0.408 e. The summed E-state index contributed by atoms with van der Waals surface area (Å²) in [5.74, 6) is -1.35. The van der Waals surface area contributed by atoms with Gasteiger partial charge in [-0.2, -0.15) is 0 Å². The summed E-state index contributed by atoms with van der Waals surface area (Å²) < 4.78 is 32.8. The third kappa shape index (κ3) is 4.72. The van der Waals surface area contributed by atoms with Crippen molar-refractivity contribution in [1.29, 1.82) is 0 Å². The van der Waals surface area contributed by atoms with Gasteiger partial charge in [0.25, 0.3) is 10.0 Å². The first-order valence-corrected chi connectivity index (χ1v) is 11.0. The topological polar surface area (TPSA) is 115 Å². The fourth-order valence-electron chi connectivity index (χ4n) is 3.13. The van der Waals surface area contributed by atoms with Crippen molar-refractivity contribution in [2.75, 3.05) is 0 Å². The molecule has 0 aliphatic heterocycles. The first-order chi connectivity index (χ1) is 14.4. The van der Waals surface area contributed by atoms with E-state index in [4.69, 9.17) is 4.74 Å². The van der Waals surface area contributed by atoms with Gasteiger partial charge < -0.3 is 15.2 Å². The van der Waals surface area contributed by atoms with E-state index in [2.05, 4.69) is 5.32 Å². The highest BCUT2D eigenvalue weighted by Crippen LogP contribution is 2.30. The summed E-state index contributed by atoms with van der Waals surface area (Å²) >= 11 is 0. The Hall–Kier alpha value is -3.33. The van der Waals surface area contributed by atoms with Crippen LogP contribution >= 0.6 is 0 Å². The molecule has 1 atom stereocenters. The van der Waals surface area contributed by atoms with Gasteiger partial charge in [0, 0.05) is 17.1 Å². The molecular weight excluding hydrogens is 420 g/mol. The molecule has 2 aromatic carbocycles. The molecule has 0 fully saturated rings. The van der Waals surface area contributed by atoms with E-state index in [-0.39, 0.29) is 10.5 Å². The lowest BCUT2D eigenvalue weighted by molar-refractivity contribution is -0.139. The number of nitrogens with zero attached hydrogens (tertiary/aromatic N) is 1. The number of aryl methyl sites for hydroxylation is 1. The van der Waals surface area contributed by atoms with Crippen molar-refractivity contribution in [1.82, 2.24) is 9.29 Å². The molecule has 0 aliphatic rings. The van der Waals surface area contributed by atoms with Gasteiger partial charge in [-0.3, -0.25) is 0 Å². The van der Waals surface area contributed by atoms with Crippen LogP contribution in [-0.2, 0) is 19.6 Å². The number of alkyl carbamates (subject to hydrolysis) is 1. The zero-order chi connectivity index (χ0) is 23.0. The molecule has 2 N–H and O–H groups in total. The van der Waals surface area contributed by atoms with E-state index in [0.29, 0.717) is 10.9 Å². The maximum absolute atomic E-state index is 13.3. The summed E-state index contributed by atoms with van der Waals surface area (Å²) in [6.07, 6.45) is 0.314. The van der Waals surface area contributed by atoms with Gasteiger partial charge in [0.15, 0.2) is 6.04 Å². The Kier molecular flexibility index (Phi) is 5.82. The highest BCUT2D eigenvalue weighted by Gasteiger charge is 2.30. The lowest BCUT2D eigenvalue weighted by Crippen LogP contribution is -2.38. The summed E-state index contributed by atoms with van der Waals surface area (Å²) in [5, 5.41) is 12.5. The van der Waals surface area contributed by atoms with Crippen LogP contribution in [0.1, 0.15) is 37.9 Å². The standard InChI is InChI=1S/C22H24N2O6S/c1-14-9-11-15(12-10-14)31(28,29)24-13-17(16-7-5-6-8-18(16)24)19(20(25)26)23-21(27)30-22(2,3)4/h5-13,19H,1-4H3,(H,23,27)(H,25,26)/t19-/m1/s1. The highest BCUT2D eigenvalue weighted by molar-refractivity contribution is 7.90. The van der Waals surface area contributed by atoms with Crippen molar-refractivity contribution < 1.29 is 27.9 Å². The SMILES string of the molecule is Cc1ccc(S(=O)(=O)n2cc([C@@H](NC(=O)OC(C)(C)C)C(=O)O)c3ccccc32)cc1. The van der Waals surface area contributed by atoms with Crippen LogP contribution in [0.25, 0.3) is 10.9 Å². The Labute approximate surface area is 180 Å². The molecule has 0 saturated carbocycles. The van der Waals surface area contributed by atoms with Crippen molar-refractivity contribution in [2.45, 2.75) is 44.2 Å². The molecule has 0 unspecified atom stereocenters. The Balaban J connectivity index is 2.13. The second-order valence-corrected chi connectivity index (χ2v) is 9.95. The number of carbonyl (C=O) groups is 2. The zero-order valence-electron chi connectivity index (χ0n) is 17.6. The number of carboxylic acids is 1. The number of ether oxygens (including phenoxy) is 1. The number of aromatic nitrogens is 1. The summed E-state index contributed by atoms with van der Waals surface area (Å²) in [6, 6.07) is 11.4. The first-order valence-electron chi connectivity index (χ1n) is 9.55. The maximum Gasteiger partial charge on any atom is 0.408 e. The minimum atomic E-state index is -4.00. The van der Waals surface area contributed by atoms with E-state index in [1.165, 1.54) is 18.3 Å². The molecule has 0 saturated heterocycles. The van der Waals surface area contributed by atoms with E-state index >= 15 is 0 Å². The summed E-state index contributed by atoms with van der Waals surface area (Å²) in [7, 11) is -4.00. The van der Waals surface area contributed by atoms with Crippen LogP contribution in [0.2, 0.25) is 0 Å². The number of para-hydroxylation sites is 1. The Morgan fingerprint density at radius 2 is 1.68 bits per heavy atom. The number of rotatable bonds is 5. The van der Waals surface area contributed by atoms with Gasteiger partial charge in [0.05, 0.1) is 10.4 Å². The van der Waals surface area contributed by atoms with Crippen LogP contribution in [0.3, 0.4) is 0 Å². The predicted molar refractivity (Wildman–Crippen MR) is 115 cm³/mol. The summed E-state index contributed by atoms with van der Waals surface area (Å²) in [5.41, 5.74) is 0.514. The molecule has 9 heteroatoms. The van der Waals surface area contributed by atoms with Gasteiger partial charge in [-0.1, -0.05) is 35.9 Å². The van der Waals surface area contributed by atoms with Crippen LogP contribution < -0.4 is 5.32 Å². The van der Waals surface area contributed by atoms with Gasteiger partial charge in [-0.15, -0.1) is 0 Å². The molecule has 3 rings (SSSR count). The van der Waals surface area contributed by atoms with Crippen LogP contribution in [0.4, 0.5) is 4.79 Å². The van der Waals surface area contributed by atoms with E-state index in [1.54, 1.807) is 57.2 Å². The third-order valence-electron chi connectivity index (χ3n) is 4.51. The van der Waals surface area contributed by atoms with Gasteiger partial charge in [0.1, 0.15) is 5.60 Å². The van der Waals surface area contributed by atoms with E-state index < -0.39 is 33.7 Å². The van der Waals surface area contributed by atoms with Crippen LogP contribution in [0.5, 0.6) is 0 Å². The number of carboxylic acid groups (broad SMARTS) is 1. The first kappa shape index (κ1) is 22.4. The fourth-order valence-corrected chi connectivity index (χ4v) is 4.50. The number of hydrogen-bond acceptors (Lipinski definition) is 5. The average Bonchev–Trinajstić information content (AvgIpc) is 3.05. The van der Waals surface area contributed by atoms with Crippen LogP contribution in [0.15, 0.2) is 59.6 Å². The number of aliphatic carboxylic acids is 1. The molecule has 0 aliphatic carbocycles. The third-order valence-corrected chi connectivity index (χ3v) is 6.19. The van der Waals surface area contributed by atoms with Crippen molar-refractivity contribution in [3.63, 3.8) is 0 Å². The second kappa shape index (κ2) is 8.07. The lowest BCUT2D eigenvalue weighted by Gasteiger charge is -2.21. The highest BCUT2D eigenvalue weighted by atomic mass is 32.2. The van der Waals surface area contributed by atoms with E-state index in [9.17, 15) is 23.1 Å². The van der Waals surface area contributed by atoms with Crippen LogP contribution in [-0.4, -0.2) is 35.2 Å². The van der Waals surface area contributed by atoms with E-state index in [0.717, 1.165) is 9.54 Å². The molecule has 1 heterocycles. The number of nitrogens with one attached hydrogen (secondary N) is 1. The number of hydrogen-bond donors (Lipinski definition) is 2. The zero-order valence-corrected chi connectivity index (χ0v) is 18.4. The molecular formula is C22H24N2O6S. The Morgan fingerprint density at radius 3 is 2.26 bits per heavy atom. The largest absolute Gasteiger partial charge is 0.479 e. The molecule has 3 aromatic rings. The van der Waals surface area contributed by atoms with Gasteiger partial charge in [-0.05, 0) is 45.9 Å². The molecule has 0 spiro atoms. The Bertz CT molecular complexity index is 1240. The molecule has 164 valence electrons. The number of amides is 1. The summed E-state index contributed by atoms with van der Waals surface area (Å²) in [4.78, 5) is 24.3. The summed E-state index contributed by atoms with van der Waals surface area (Å²) in [6.45, 7) is 6.81. The predicted octanol–water partition coefficient (Wildman–Crippen LogP) is 3.84. The normalized spacial score (nSPS) is 13.0. The van der Waals surface area contributed by atoms with E-state index in [1.807, 2.05) is 6.92 Å². The average molecular weight is 445 g/mol. The molecule has 31 heavy (non-hydrogen) atoms. The lowest BCUT2D eigenvalue weighted by atomic mass is 10.1. The number of benzene rings is 2. The Morgan fingerprint density at radius 1 is 1.06 bits per heavy atom. The molecule has 8 nitrogen and oxygen atoms in total. The minimum Gasteiger partial charge on any atom is -0.479 e. The monoisotopic (exact) mass is 444 g/mol. The van der Waals surface area contributed by atoms with Crippen molar-refractivity contribution in [2.24, 2.45) is 0 Å². The molecule has 1 amide bonds. The molecule has 1 aromatic heterocycles. The van der Waals surface area contributed by atoms with Crippen LogP contribution in [0, 0.1) is 6.92 Å². The fraction of sp³-hybridized carbons (Fsp3) is 0.273. The number of fused-ring (bicyclic) bond motifs is 1. The van der Waals surface area contributed by atoms with Crippen molar-refractivity contribution in [3.8, 4) is 0 Å². The quantitative estimate of drug-likeness (QED) is 0.618. The minimum absolute atomic E-state index is 0.0670. The van der Waals surface area contributed by atoms with Crippen molar-refractivity contribution in [3.05, 3.63) is 65.9 Å². The van der Waals surface area contributed by atoms with Crippen molar-refractivity contribution >= 4 is 33.0 Å². The maximum atomic E-state index is 13.3. The molecule has 0 radical (unpaired) electrons. The molecule has 0 bridgehead atoms. The van der Waals surface area contributed by atoms with Gasteiger partial charge >= 0.3 is 12.1 Å². The number of carbonyl (C=O) groups excluding carboxylic acids is 1. The van der Waals surface area contributed by atoms with Gasteiger partial charge in [-0.25, -0.2) is 22.0 Å². The van der Waals surface area contributed by atoms with Gasteiger partial charge in [0.2, 0.25) is 0 Å².